The summed E-state index contributed by atoms with van der Waals surface area (Å²) in [5, 5.41) is 15.0. The van der Waals surface area contributed by atoms with Crippen LogP contribution in [0.2, 0.25) is 0 Å². The van der Waals surface area contributed by atoms with Crippen LogP contribution in [-0.2, 0) is 7.05 Å². The zero-order valence-electron chi connectivity index (χ0n) is 14.6. The van der Waals surface area contributed by atoms with Gasteiger partial charge in [-0.2, -0.15) is 5.10 Å². The highest BCUT2D eigenvalue weighted by molar-refractivity contribution is 9.10. The van der Waals surface area contributed by atoms with Gasteiger partial charge in [0.15, 0.2) is 0 Å². The fourth-order valence-corrected chi connectivity index (χ4v) is 3.11. The minimum Gasteiger partial charge on any atom is -0.507 e. The largest absolute Gasteiger partial charge is 0.507 e. The summed E-state index contributed by atoms with van der Waals surface area (Å²) in [6.07, 6.45) is 0. The number of fused-ring (bicyclic) bond motifs is 1. The Morgan fingerprint density at radius 2 is 2.00 bits per heavy atom. The van der Waals surface area contributed by atoms with Crippen molar-refractivity contribution in [3.05, 3.63) is 58.2 Å². The molecule has 0 atom stereocenters. The number of amides is 1. The van der Waals surface area contributed by atoms with Crippen molar-refractivity contribution in [2.45, 2.75) is 6.92 Å². The Balaban J connectivity index is 1.88. The number of carbonyl (C=O) groups is 1. The molecule has 0 fully saturated rings. The van der Waals surface area contributed by atoms with Crippen LogP contribution in [0, 0.1) is 0 Å². The van der Waals surface area contributed by atoms with Gasteiger partial charge < -0.3 is 14.4 Å². The van der Waals surface area contributed by atoms with Gasteiger partial charge in [-0.05, 0) is 49.4 Å². The van der Waals surface area contributed by atoms with Crippen molar-refractivity contribution in [1.82, 2.24) is 9.99 Å². The zero-order valence-corrected chi connectivity index (χ0v) is 16.2. The number of aromatic nitrogens is 1. The van der Waals surface area contributed by atoms with Gasteiger partial charge in [-0.1, -0.05) is 15.9 Å². The second kappa shape index (κ2) is 7.21. The minimum atomic E-state index is -0.483. The highest BCUT2D eigenvalue weighted by atomic mass is 79.9. The third-order valence-corrected chi connectivity index (χ3v) is 4.64. The molecule has 2 aromatic carbocycles. The van der Waals surface area contributed by atoms with Gasteiger partial charge in [0.2, 0.25) is 0 Å². The van der Waals surface area contributed by atoms with Crippen molar-refractivity contribution in [3.63, 3.8) is 0 Å². The molecule has 0 bridgehead atoms. The normalized spacial score (nSPS) is 11.6. The summed E-state index contributed by atoms with van der Waals surface area (Å²) < 4.78 is 7.95. The van der Waals surface area contributed by atoms with E-state index < -0.39 is 5.91 Å². The Kier molecular flexibility index (Phi) is 4.99. The molecule has 3 rings (SSSR count). The predicted octanol–water partition coefficient (Wildman–Crippen LogP) is 3.81. The molecule has 134 valence electrons. The SMILES string of the molecule is COc1ccc2c(c1)cc(C(C)=NNC(=O)c1cc(Br)ccc1O)n2C. The maximum Gasteiger partial charge on any atom is 0.275 e. The van der Waals surface area contributed by atoms with E-state index in [1.807, 2.05) is 42.8 Å². The quantitative estimate of drug-likeness (QED) is 0.502. The first-order valence-electron chi connectivity index (χ1n) is 7.87. The van der Waals surface area contributed by atoms with Crippen molar-refractivity contribution in [2.75, 3.05) is 7.11 Å². The summed E-state index contributed by atoms with van der Waals surface area (Å²) in [5.74, 6) is 0.196. The van der Waals surface area contributed by atoms with Crippen LogP contribution in [0.5, 0.6) is 11.5 Å². The predicted molar refractivity (Wildman–Crippen MR) is 105 cm³/mol. The number of carbonyl (C=O) groups excluding carboxylic acids is 1. The lowest BCUT2D eigenvalue weighted by Crippen LogP contribution is -2.20. The van der Waals surface area contributed by atoms with E-state index in [-0.39, 0.29) is 11.3 Å². The number of hydrazone groups is 1. The van der Waals surface area contributed by atoms with Gasteiger partial charge in [-0.15, -0.1) is 0 Å². The van der Waals surface area contributed by atoms with Crippen LogP contribution in [0.15, 0.2) is 52.0 Å². The second-order valence-corrected chi connectivity index (χ2v) is 6.73. The molecular weight excluding hydrogens is 398 g/mol. The minimum absolute atomic E-state index is 0.102. The van der Waals surface area contributed by atoms with Crippen molar-refractivity contribution in [2.24, 2.45) is 12.1 Å². The second-order valence-electron chi connectivity index (χ2n) is 5.81. The van der Waals surface area contributed by atoms with Gasteiger partial charge in [-0.3, -0.25) is 4.79 Å². The molecule has 1 aromatic heterocycles. The number of phenolic OH excluding ortho intramolecular Hbond substituents is 1. The molecule has 2 N–H and O–H groups in total. The van der Waals surface area contributed by atoms with Crippen molar-refractivity contribution in [1.29, 1.82) is 0 Å². The average molecular weight is 416 g/mol. The van der Waals surface area contributed by atoms with Crippen LogP contribution in [0.25, 0.3) is 10.9 Å². The molecule has 0 radical (unpaired) electrons. The van der Waals surface area contributed by atoms with Crippen LogP contribution < -0.4 is 10.2 Å². The van der Waals surface area contributed by atoms with E-state index in [0.717, 1.165) is 22.3 Å². The number of aromatic hydroxyl groups is 1. The summed E-state index contributed by atoms with van der Waals surface area (Å²) in [6.45, 7) is 1.81. The van der Waals surface area contributed by atoms with E-state index in [0.29, 0.717) is 10.2 Å². The smallest absolute Gasteiger partial charge is 0.275 e. The van der Waals surface area contributed by atoms with E-state index in [1.165, 1.54) is 6.07 Å². The summed E-state index contributed by atoms with van der Waals surface area (Å²) in [5.41, 5.74) is 5.19. The Bertz CT molecular complexity index is 1020. The molecule has 1 heterocycles. The molecular formula is C19H18BrN3O3. The zero-order chi connectivity index (χ0) is 18.8. The Morgan fingerprint density at radius 1 is 1.23 bits per heavy atom. The molecule has 0 saturated carbocycles. The van der Waals surface area contributed by atoms with E-state index >= 15 is 0 Å². The highest BCUT2D eigenvalue weighted by Gasteiger charge is 2.13. The van der Waals surface area contributed by atoms with E-state index in [2.05, 4.69) is 26.5 Å². The third-order valence-electron chi connectivity index (χ3n) is 4.15. The van der Waals surface area contributed by atoms with E-state index in [1.54, 1.807) is 19.2 Å². The van der Waals surface area contributed by atoms with Crippen LogP contribution in [-0.4, -0.2) is 28.4 Å². The first-order valence-corrected chi connectivity index (χ1v) is 8.67. The van der Waals surface area contributed by atoms with E-state index in [9.17, 15) is 9.90 Å². The Labute approximate surface area is 159 Å². The number of hydrogen-bond donors (Lipinski definition) is 2. The summed E-state index contributed by atoms with van der Waals surface area (Å²) in [4.78, 5) is 12.3. The number of methoxy groups -OCH3 is 1. The van der Waals surface area contributed by atoms with Gasteiger partial charge >= 0.3 is 0 Å². The lowest BCUT2D eigenvalue weighted by Gasteiger charge is -2.06. The molecule has 1 amide bonds. The number of benzene rings is 2. The highest BCUT2D eigenvalue weighted by Crippen LogP contribution is 2.24. The summed E-state index contributed by atoms with van der Waals surface area (Å²) in [6, 6.07) is 12.5. The van der Waals surface area contributed by atoms with Gasteiger partial charge in [0, 0.05) is 22.4 Å². The van der Waals surface area contributed by atoms with Crippen molar-refractivity contribution < 1.29 is 14.6 Å². The third kappa shape index (κ3) is 3.43. The molecule has 0 aliphatic heterocycles. The molecule has 6 nitrogen and oxygen atoms in total. The van der Waals surface area contributed by atoms with Gasteiger partial charge in [0.1, 0.15) is 11.5 Å². The van der Waals surface area contributed by atoms with Crippen LogP contribution >= 0.6 is 15.9 Å². The molecule has 7 heteroatoms. The lowest BCUT2D eigenvalue weighted by molar-refractivity contribution is 0.0952. The Hall–Kier alpha value is -2.80. The molecule has 0 unspecified atom stereocenters. The molecule has 3 aromatic rings. The number of halogens is 1. The van der Waals surface area contributed by atoms with Crippen LogP contribution in [0.4, 0.5) is 0 Å². The number of hydrogen-bond acceptors (Lipinski definition) is 4. The molecule has 0 spiro atoms. The first kappa shape index (κ1) is 18.0. The van der Waals surface area contributed by atoms with Gasteiger partial charge in [0.25, 0.3) is 5.91 Å². The Morgan fingerprint density at radius 3 is 2.73 bits per heavy atom. The number of nitrogens with zero attached hydrogens (tertiary/aromatic N) is 2. The number of phenols is 1. The average Bonchev–Trinajstić information content (AvgIpc) is 2.97. The number of rotatable bonds is 4. The fourth-order valence-electron chi connectivity index (χ4n) is 2.74. The summed E-state index contributed by atoms with van der Waals surface area (Å²) in [7, 11) is 3.57. The maximum absolute atomic E-state index is 12.3. The monoisotopic (exact) mass is 415 g/mol. The molecule has 26 heavy (non-hydrogen) atoms. The lowest BCUT2D eigenvalue weighted by atomic mass is 10.2. The van der Waals surface area contributed by atoms with Crippen LogP contribution in [0.3, 0.4) is 0 Å². The number of ether oxygens (including phenoxy) is 1. The van der Waals surface area contributed by atoms with E-state index in [4.69, 9.17) is 4.74 Å². The van der Waals surface area contributed by atoms with Crippen molar-refractivity contribution >= 4 is 38.5 Å². The number of aryl methyl sites for hydroxylation is 1. The standard InChI is InChI=1S/C19H18BrN3O3/c1-11(21-22-19(25)15-10-13(20)4-7-18(15)24)17-9-12-8-14(26-3)5-6-16(12)23(17)2/h4-10,24H,1-3H3,(H,22,25). The van der Waals surface area contributed by atoms with Crippen LogP contribution in [0.1, 0.15) is 23.0 Å². The molecule has 0 aliphatic carbocycles. The number of nitrogens with one attached hydrogen (secondary N) is 1. The van der Waals surface area contributed by atoms with Gasteiger partial charge in [-0.25, -0.2) is 5.43 Å². The first-order chi connectivity index (χ1) is 12.4. The topological polar surface area (TPSA) is 75.8 Å². The fraction of sp³-hybridized carbons (Fsp3) is 0.158. The maximum atomic E-state index is 12.3. The van der Waals surface area contributed by atoms with Gasteiger partial charge in [0.05, 0.1) is 24.1 Å². The molecule has 0 saturated heterocycles. The molecule has 0 aliphatic rings. The van der Waals surface area contributed by atoms with Crippen molar-refractivity contribution in [3.8, 4) is 11.5 Å². The summed E-state index contributed by atoms with van der Waals surface area (Å²) >= 11 is 3.28.